The molecule has 0 fully saturated rings. The van der Waals surface area contributed by atoms with Gasteiger partial charge in [0.2, 0.25) is 0 Å². The molecule has 0 saturated heterocycles. The maximum atomic E-state index is 11.7. The number of rotatable bonds is 3. The largest absolute Gasteiger partial charge is 0.486 e. The van der Waals surface area contributed by atoms with Gasteiger partial charge in [-0.1, -0.05) is 0 Å². The molecule has 2 aliphatic rings. The SMILES string of the molecule is COC(=O)C1=C(Nc2ccc3c(c2)OCCO3)CSC1. The molecule has 0 radical (unpaired) electrons. The van der Waals surface area contributed by atoms with Crippen molar-refractivity contribution in [3.05, 3.63) is 29.5 Å². The van der Waals surface area contributed by atoms with E-state index in [4.69, 9.17) is 14.2 Å². The van der Waals surface area contributed by atoms with Gasteiger partial charge >= 0.3 is 5.97 Å². The first kappa shape index (κ1) is 13.2. The standard InChI is InChI=1S/C14H15NO4S/c1-17-14(16)10-7-20-8-11(10)15-9-2-3-12-13(6-9)19-5-4-18-12/h2-3,6,15H,4-5,7-8H2,1H3. The summed E-state index contributed by atoms with van der Waals surface area (Å²) in [5.41, 5.74) is 2.49. The van der Waals surface area contributed by atoms with Crippen molar-refractivity contribution in [3.8, 4) is 11.5 Å². The summed E-state index contributed by atoms with van der Waals surface area (Å²) >= 11 is 1.69. The number of methoxy groups -OCH3 is 1. The number of carbonyl (C=O) groups is 1. The average molecular weight is 293 g/mol. The molecule has 2 aliphatic heterocycles. The van der Waals surface area contributed by atoms with Crippen LogP contribution in [0.4, 0.5) is 5.69 Å². The quantitative estimate of drug-likeness (QED) is 0.861. The van der Waals surface area contributed by atoms with Crippen LogP contribution in [0.25, 0.3) is 0 Å². The lowest BCUT2D eigenvalue weighted by atomic mass is 10.2. The summed E-state index contributed by atoms with van der Waals surface area (Å²) in [6, 6.07) is 5.68. The highest BCUT2D eigenvalue weighted by atomic mass is 32.2. The van der Waals surface area contributed by atoms with E-state index in [-0.39, 0.29) is 5.97 Å². The molecule has 106 valence electrons. The molecule has 0 amide bonds. The third kappa shape index (κ3) is 2.56. The average Bonchev–Trinajstić information content (AvgIpc) is 2.94. The number of fused-ring (bicyclic) bond motifs is 1. The van der Waals surface area contributed by atoms with E-state index in [1.807, 2.05) is 18.2 Å². The Morgan fingerprint density at radius 3 is 2.85 bits per heavy atom. The fourth-order valence-electron chi connectivity index (χ4n) is 2.14. The second-order valence-corrected chi connectivity index (χ2v) is 5.41. The van der Waals surface area contributed by atoms with Gasteiger partial charge in [-0.25, -0.2) is 4.79 Å². The number of nitrogens with one attached hydrogen (secondary N) is 1. The van der Waals surface area contributed by atoms with Crippen molar-refractivity contribution in [2.75, 3.05) is 37.1 Å². The molecule has 0 unspecified atom stereocenters. The number of carbonyl (C=O) groups excluding carboxylic acids is 1. The molecule has 2 heterocycles. The van der Waals surface area contributed by atoms with Crippen molar-refractivity contribution in [1.82, 2.24) is 0 Å². The van der Waals surface area contributed by atoms with Gasteiger partial charge < -0.3 is 19.5 Å². The van der Waals surface area contributed by atoms with Gasteiger partial charge in [0.15, 0.2) is 11.5 Å². The number of esters is 1. The van der Waals surface area contributed by atoms with E-state index in [1.165, 1.54) is 7.11 Å². The summed E-state index contributed by atoms with van der Waals surface area (Å²) in [5, 5.41) is 3.28. The van der Waals surface area contributed by atoms with Crippen LogP contribution in [0.5, 0.6) is 11.5 Å². The van der Waals surface area contributed by atoms with Crippen LogP contribution in [-0.2, 0) is 9.53 Å². The first-order valence-electron chi connectivity index (χ1n) is 6.32. The highest BCUT2D eigenvalue weighted by Crippen LogP contribution is 2.34. The lowest BCUT2D eigenvalue weighted by molar-refractivity contribution is -0.136. The van der Waals surface area contributed by atoms with Gasteiger partial charge in [-0.2, -0.15) is 11.8 Å². The lowest BCUT2D eigenvalue weighted by Crippen LogP contribution is -2.15. The Morgan fingerprint density at radius 2 is 2.05 bits per heavy atom. The zero-order chi connectivity index (χ0) is 13.9. The van der Waals surface area contributed by atoms with E-state index in [1.54, 1.807) is 11.8 Å². The Bertz CT molecular complexity index is 570. The van der Waals surface area contributed by atoms with E-state index < -0.39 is 0 Å². The molecule has 0 spiro atoms. The molecule has 20 heavy (non-hydrogen) atoms. The minimum Gasteiger partial charge on any atom is -0.486 e. The Labute approximate surface area is 121 Å². The molecule has 6 heteroatoms. The summed E-state index contributed by atoms with van der Waals surface area (Å²) in [4.78, 5) is 11.7. The Kier molecular flexibility index (Phi) is 3.73. The number of ether oxygens (including phenoxy) is 3. The van der Waals surface area contributed by atoms with E-state index >= 15 is 0 Å². The fourth-order valence-corrected chi connectivity index (χ4v) is 3.19. The zero-order valence-electron chi connectivity index (χ0n) is 11.1. The molecule has 3 rings (SSSR count). The minimum atomic E-state index is -0.268. The van der Waals surface area contributed by atoms with Crippen molar-refractivity contribution in [2.24, 2.45) is 0 Å². The molecule has 1 aromatic carbocycles. The first-order valence-corrected chi connectivity index (χ1v) is 7.48. The second-order valence-electron chi connectivity index (χ2n) is 4.42. The molecule has 0 bridgehead atoms. The molecular weight excluding hydrogens is 278 g/mol. The van der Waals surface area contributed by atoms with E-state index in [0.29, 0.717) is 24.5 Å². The highest BCUT2D eigenvalue weighted by molar-refractivity contribution is 8.00. The molecule has 5 nitrogen and oxygen atoms in total. The Balaban J connectivity index is 1.82. The van der Waals surface area contributed by atoms with Gasteiger partial charge in [-0.15, -0.1) is 0 Å². The minimum absolute atomic E-state index is 0.268. The fraction of sp³-hybridized carbons (Fsp3) is 0.357. The van der Waals surface area contributed by atoms with E-state index in [0.717, 1.165) is 28.6 Å². The molecule has 1 N–H and O–H groups in total. The Morgan fingerprint density at radius 1 is 1.25 bits per heavy atom. The van der Waals surface area contributed by atoms with Crippen LogP contribution in [0.2, 0.25) is 0 Å². The first-order chi connectivity index (χ1) is 9.78. The predicted molar refractivity (Wildman–Crippen MR) is 77.4 cm³/mol. The predicted octanol–water partition coefficient (Wildman–Crippen LogP) is 2.04. The van der Waals surface area contributed by atoms with Crippen LogP contribution < -0.4 is 14.8 Å². The molecule has 0 aromatic heterocycles. The third-order valence-corrected chi connectivity index (χ3v) is 4.11. The summed E-state index contributed by atoms with van der Waals surface area (Å²) in [6.07, 6.45) is 0. The number of benzene rings is 1. The van der Waals surface area contributed by atoms with Crippen molar-refractivity contribution in [2.45, 2.75) is 0 Å². The highest BCUT2D eigenvalue weighted by Gasteiger charge is 2.22. The van der Waals surface area contributed by atoms with E-state index in [2.05, 4.69) is 5.32 Å². The van der Waals surface area contributed by atoms with Gasteiger partial charge in [0.25, 0.3) is 0 Å². The van der Waals surface area contributed by atoms with Gasteiger partial charge in [-0.3, -0.25) is 0 Å². The number of hydrogen-bond donors (Lipinski definition) is 1. The smallest absolute Gasteiger partial charge is 0.336 e. The number of anilines is 1. The number of hydrogen-bond acceptors (Lipinski definition) is 6. The molecule has 0 aliphatic carbocycles. The van der Waals surface area contributed by atoms with Crippen molar-refractivity contribution in [3.63, 3.8) is 0 Å². The topological polar surface area (TPSA) is 56.8 Å². The van der Waals surface area contributed by atoms with Crippen LogP contribution >= 0.6 is 11.8 Å². The van der Waals surface area contributed by atoms with Crippen molar-refractivity contribution >= 4 is 23.4 Å². The summed E-state index contributed by atoms with van der Waals surface area (Å²) in [5.74, 6) is 2.67. The maximum absolute atomic E-state index is 11.7. The molecule has 0 atom stereocenters. The maximum Gasteiger partial charge on any atom is 0.336 e. The number of thioether (sulfide) groups is 1. The van der Waals surface area contributed by atoms with E-state index in [9.17, 15) is 4.79 Å². The van der Waals surface area contributed by atoms with Crippen LogP contribution in [0, 0.1) is 0 Å². The Hall–Kier alpha value is -1.82. The van der Waals surface area contributed by atoms with Gasteiger partial charge in [0.1, 0.15) is 13.2 Å². The van der Waals surface area contributed by atoms with Crippen LogP contribution in [0.1, 0.15) is 0 Å². The summed E-state index contributed by atoms with van der Waals surface area (Å²) in [7, 11) is 1.40. The summed E-state index contributed by atoms with van der Waals surface area (Å²) in [6.45, 7) is 1.14. The van der Waals surface area contributed by atoms with Crippen LogP contribution in [0.15, 0.2) is 29.5 Å². The van der Waals surface area contributed by atoms with Gasteiger partial charge in [-0.05, 0) is 12.1 Å². The lowest BCUT2D eigenvalue weighted by Gasteiger charge is -2.19. The molecule has 1 aromatic rings. The van der Waals surface area contributed by atoms with Gasteiger partial charge in [0, 0.05) is 29.0 Å². The van der Waals surface area contributed by atoms with Gasteiger partial charge in [0.05, 0.1) is 12.7 Å². The van der Waals surface area contributed by atoms with Crippen molar-refractivity contribution in [1.29, 1.82) is 0 Å². The monoisotopic (exact) mass is 293 g/mol. The second kappa shape index (κ2) is 5.66. The van der Waals surface area contributed by atoms with Crippen molar-refractivity contribution < 1.29 is 19.0 Å². The summed E-state index contributed by atoms with van der Waals surface area (Å²) < 4.78 is 15.8. The molecular formula is C14H15NO4S. The normalized spacial score (nSPS) is 17.1. The zero-order valence-corrected chi connectivity index (χ0v) is 11.9. The van der Waals surface area contributed by atoms with Crippen LogP contribution in [0.3, 0.4) is 0 Å². The van der Waals surface area contributed by atoms with Crippen LogP contribution in [-0.4, -0.2) is 37.8 Å². The third-order valence-electron chi connectivity index (χ3n) is 3.13. The molecule has 0 saturated carbocycles.